The number of carbonyl (C=O) groups is 1. The molecule has 1 fully saturated rings. The highest BCUT2D eigenvalue weighted by atomic mass is 32.2. The average molecular weight is 479 g/mol. The van der Waals surface area contributed by atoms with Crippen LogP contribution in [-0.2, 0) is 16.4 Å². The monoisotopic (exact) mass is 478 g/mol. The summed E-state index contributed by atoms with van der Waals surface area (Å²) in [5.41, 5.74) is 2.71. The first-order valence-corrected chi connectivity index (χ1v) is 13.3. The molecule has 1 aliphatic rings. The number of benzene rings is 3. The highest BCUT2D eigenvalue weighted by molar-refractivity contribution is 7.91. The van der Waals surface area contributed by atoms with E-state index in [0.29, 0.717) is 17.1 Å². The maximum absolute atomic E-state index is 12.7. The summed E-state index contributed by atoms with van der Waals surface area (Å²) in [5.74, 6) is 0.745. The number of sulfone groups is 1. The van der Waals surface area contributed by atoms with E-state index in [4.69, 9.17) is 4.74 Å². The van der Waals surface area contributed by atoms with Crippen LogP contribution in [0.15, 0.2) is 83.8 Å². The van der Waals surface area contributed by atoms with Crippen LogP contribution in [-0.4, -0.2) is 39.2 Å². The molecule has 0 aromatic heterocycles. The second-order valence-electron chi connectivity index (χ2n) is 8.43. The van der Waals surface area contributed by atoms with Crippen molar-refractivity contribution in [1.82, 2.24) is 5.32 Å². The van der Waals surface area contributed by atoms with Gasteiger partial charge in [-0.15, -0.1) is 0 Å². The first-order valence-electron chi connectivity index (χ1n) is 11.6. The van der Waals surface area contributed by atoms with Gasteiger partial charge in [-0.25, -0.2) is 8.42 Å². The van der Waals surface area contributed by atoms with Gasteiger partial charge in [-0.1, -0.05) is 37.3 Å². The van der Waals surface area contributed by atoms with Crippen LogP contribution in [0.4, 0.5) is 5.69 Å². The number of piperidine rings is 1. The Morgan fingerprint density at radius 3 is 2.21 bits per heavy atom. The molecule has 0 atom stereocenters. The number of rotatable bonds is 8. The fourth-order valence-corrected chi connectivity index (χ4v) is 4.91. The Morgan fingerprint density at radius 2 is 1.59 bits per heavy atom. The van der Waals surface area contributed by atoms with Crippen LogP contribution in [0.2, 0.25) is 0 Å². The molecule has 3 aromatic carbocycles. The first kappa shape index (κ1) is 23.8. The van der Waals surface area contributed by atoms with Crippen molar-refractivity contribution < 1.29 is 17.9 Å². The van der Waals surface area contributed by atoms with Crippen LogP contribution in [0.1, 0.15) is 35.7 Å². The van der Waals surface area contributed by atoms with Gasteiger partial charge in [-0.05, 0) is 66.9 Å². The fourth-order valence-electron chi connectivity index (χ4n) is 4.03. The second kappa shape index (κ2) is 10.7. The van der Waals surface area contributed by atoms with Gasteiger partial charge < -0.3 is 15.0 Å². The van der Waals surface area contributed by atoms with Gasteiger partial charge in [0, 0.05) is 30.4 Å². The van der Waals surface area contributed by atoms with Crippen molar-refractivity contribution in [2.75, 3.05) is 23.7 Å². The normalized spacial score (nSPS) is 14.6. The summed E-state index contributed by atoms with van der Waals surface area (Å²) in [5, 5.41) is 3.14. The Balaban J connectivity index is 1.25. The number of hydrogen-bond donors (Lipinski definition) is 1. The number of carbonyl (C=O) groups excluding carboxylic acids is 1. The van der Waals surface area contributed by atoms with Crippen LogP contribution in [0.5, 0.6) is 5.75 Å². The molecule has 0 bridgehead atoms. The molecule has 0 aliphatic carbocycles. The summed E-state index contributed by atoms with van der Waals surface area (Å²) in [7, 11) is -3.19. The zero-order valence-corrected chi connectivity index (χ0v) is 20.1. The number of ether oxygens (including phenoxy) is 1. The van der Waals surface area contributed by atoms with Crippen LogP contribution in [0.3, 0.4) is 0 Å². The predicted octanol–water partition coefficient (Wildman–Crippen LogP) is 4.46. The molecule has 4 rings (SSSR count). The molecule has 7 heteroatoms. The number of hydrogen-bond acceptors (Lipinski definition) is 5. The van der Waals surface area contributed by atoms with E-state index in [1.807, 2.05) is 54.6 Å². The van der Waals surface area contributed by atoms with E-state index in [9.17, 15) is 13.2 Å². The van der Waals surface area contributed by atoms with Gasteiger partial charge in [0.05, 0.1) is 10.6 Å². The van der Waals surface area contributed by atoms with Gasteiger partial charge in [0.2, 0.25) is 0 Å². The number of amides is 1. The van der Waals surface area contributed by atoms with Gasteiger partial charge in [-0.2, -0.15) is 0 Å². The highest BCUT2D eigenvalue weighted by Crippen LogP contribution is 2.23. The summed E-state index contributed by atoms with van der Waals surface area (Å²) in [6.07, 6.45) is 1.66. The molecule has 1 N–H and O–H groups in total. The van der Waals surface area contributed by atoms with Crippen LogP contribution in [0, 0.1) is 0 Å². The molecule has 0 spiro atoms. The number of nitrogens with zero attached hydrogens (tertiary/aromatic N) is 1. The van der Waals surface area contributed by atoms with Gasteiger partial charge >= 0.3 is 0 Å². The topological polar surface area (TPSA) is 75.7 Å². The van der Waals surface area contributed by atoms with Gasteiger partial charge in [-0.3, -0.25) is 4.79 Å². The lowest BCUT2D eigenvalue weighted by Gasteiger charge is -2.34. The quantitative estimate of drug-likeness (QED) is 0.517. The lowest BCUT2D eigenvalue weighted by atomic mass is 10.0. The molecule has 34 heavy (non-hydrogen) atoms. The third kappa shape index (κ3) is 5.97. The van der Waals surface area contributed by atoms with E-state index in [0.717, 1.165) is 42.9 Å². The third-order valence-electron chi connectivity index (χ3n) is 6.14. The Morgan fingerprint density at radius 1 is 0.941 bits per heavy atom. The van der Waals surface area contributed by atoms with Crippen LogP contribution < -0.4 is 15.0 Å². The highest BCUT2D eigenvalue weighted by Gasteiger charge is 2.22. The molecule has 1 amide bonds. The van der Waals surface area contributed by atoms with Crippen molar-refractivity contribution in [2.24, 2.45) is 0 Å². The van der Waals surface area contributed by atoms with Gasteiger partial charge in [0.15, 0.2) is 9.84 Å². The molecule has 3 aromatic rings. The first-order chi connectivity index (χ1) is 16.4. The zero-order valence-electron chi connectivity index (χ0n) is 19.3. The van der Waals surface area contributed by atoms with E-state index in [1.165, 1.54) is 0 Å². The third-order valence-corrected chi connectivity index (χ3v) is 7.89. The lowest BCUT2D eigenvalue weighted by molar-refractivity contribution is 0.0931. The zero-order chi connectivity index (χ0) is 24.0. The summed E-state index contributed by atoms with van der Waals surface area (Å²) >= 11 is 0. The summed E-state index contributed by atoms with van der Waals surface area (Å²) < 4.78 is 29.8. The number of nitrogens with one attached hydrogen (secondary N) is 1. The second-order valence-corrected chi connectivity index (χ2v) is 10.7. The van der Waals surface area contributed by atoms with Gasteiger partial charge in [0.25, 0.3) is 5.91 Å². The van der Waals surface area contributed by atoms with E-state index < -0.39 is 9.84 Å². The van der Waals surface area contributed by atoms with E-state index in [2.05, 4.69) is 10.2 Å². The minimum Gasteiger partial charge on any atom is -0.489 e. The van der Waals surface area contributed by atoms with Crippen molar-refractivity contribution in [3.8, 4) is 5.75 Å². The average Bonchev–Trinajstić information content (AvgIpc) is 2.89. The summed E-state index contributed by atoms with van der Waals surface area (Å²) in [4.78, 5) is 15.3. The van der Waals surface area contributed by atoms with Crippen molar-refractivity contribution in [3.05, 3.63) is 90.0 Å². The maximum Gasteiger partial charge on any atom is 0.251 e. The van der Waals surface area contributed by atoms with Crippen LogP contribution in [0.25, 0.3) is 0 Å². The molecule has 6 nitrogen and oxygen atoms in total. The minimum atomic E-state index is -3.19. The molecular weight excluding hydrogens is 448 g/mol. The molecule has 0 unspecified atom stereocenters. The molecule has 1 aliphatic heterocycles. The minimum absolute atomic E-state index is 0.0813. The summed E-state index contributed by atoms with van der Waals surface area (Å²) in [6, 6.07) is 24.4. The Hall–Kier alpha value is -3.32. The lowest BCUT2D eigenvalue weighted by Crippen LogP contribution is -2.44. The predicted molar refractivity (Wildman–Crippen MR) is 134 cm³/mol. The SMILES string of the molecule is CCS(=O)(=O)c1ccc(N2CCC(NC(=O)c3ccc(OCc4ccccc4)cc3)CC2)cc1. The van der Waals surface area contributed by atoms with E-state index in [-0.39, 0.29) is 17.7 Å². The van der Waals surface area contributed by atoms with Crippen LogP contribution >= 0.6 is 0 Å². The smallest absolute Gasteiger partial charge is 0.251 e. The maximum atomic E-state index is 12.7. The molecule has 1 heterocycles. The standard InChI is InChI=1S/C27H30N2O4S/c1-2-34(31,32)26-14-10-24(11-15-26)29-18-16-23(17-19-29)28-27(30)22-8-12-25(13-9-22)33-20-21-6-4-3-5-7-21/h3-15,23H,2,16-20H2,1H3,(H,28,30). The van der Waals surface area contributed by atoms with Gasteiger partial charge in [0.1, 0.15) is 12.4 Å². The fraction of sp³-hybridized carbons (Fsp3) is 0.296. The Bertz CT molecular complexity index is 1190. The Labute approximate surface area is 201 Å². The molecular formula is C27H30N2O4S. The van der Waals surface area contributed by atoms with E-state index in [1.54, 1.807) is 31.2 Å². The molecule has 1 saturated heterocycles. The Kier molecular flexibility index (Phi) is 7.53. The molecule has 0 saturated carbocycles. The van der Waals surface area contributed by atoms with Crippen molar-refractivity contribution in [1.29, 1.82) is 0 Å². The molecule has 178 valence electrons. The van der Waals surface area contributed by atoms with Crippen molar-refractivity contribution >= 4 is 21.4 Å². The van der Waals surface area contributed by atoms with Crippen molar-refractivity contribution in [2.45, 2.75) is 37.3 Å². The van der Waals surface area contributed by atoms with E-state index >= 15 is 0 Å². The summed E-state index contributed by atoms with van der Waals surface area (Å²) in [6.45, 7) is 3.74. The molecule has 0 radical (unpaired) electrons. The van der Waals surface area contributed by atoms with Crippen molar-refractivity contribution in [3.63, 3.8) is 0 Å². The largest absolute Gasteiger partial charge is 0.489 e. The number of anilines is 1.